The molecule has 0 radical (unpaired) electrons. The normalized spacial score (nSPS) is 12.8. The minimum Gasteiger partial charge on any atom is -0.349 e. The fraction of sp³-hybridized carbons (Fsp3) is 0.304. The Morgan fingerprint density at radius 3 is 2.54 bits per heavy atom. The first-order valence-electron chi connectivity index (χ1n) is 9.05. The van der Waals surface area contributed by atoms with Crippen molar-refractivity contribution in [2.24, 2.45) is 0 Å². The van der Waals surface area contributed by atoms with E-state index in [2.05, 4.69) is 62.5 Å². The Labute approximate surface area is 155 Å². The third kappa shape index (κ3) is 4.29. The number of para-hydroxylation sites is 1. The molecule has 2 aromatic carbocycles. The van der Waals surface area contributed by atoms with Gasteiger partial charge in [-0.05, 0) is 28.7 Å². The zero-order valence-corrected chi connectivity index (χ0v) is 15.9. The fourth-order valence-corrected chi connectivity index (χ4v) is 3.15. The highest BCUT2D eigenvalue weighted by Crippen LogP contribution is 2.26. The average Bonchev–Trinajstić information content (AvgIpc) is 2.60. The summed E-state index contributed by atoms with van der Waals surface area (Å²) in [6, 6.07) is 20.6. The van der Waals surface area contributed by atoms with Crippen LogP contribution in [-0.4, -0.2) is 10.9 Å². The van der Waals surface area contributed by atoms with Crippen molar-refractivity contribution in [3.05, 3.63) is 77.5 Å². The van der Waals surface area contributed by atoms with E-state index in [1.165, 1.54) is 5.56 Å². The third-order valence-corrected chi connectivity index (χ3v) is 4.60. The molecule has 3 aromatic rings. The average molecular weight is 346 g/mol. The number of fused-ring (bicyclic) bond motifs is 1. The summed E-state index contributed by atoms with van der Waals surface area (Å²) in [4.78, 5) is 16.5. The molecule has 0 unspecified atom stereocenters. The van der Waals surface area contributed by atoms with Gasteiger partial charge in [0, 0.05) is 24.4 Å². The lowest BCUT2D eigenvalue weighted by molar-refractivity contribution is -0.119. The number of amides is 1. The van der Waals surface area contributed by atoms with Gasteiger partial charge in [0.1, 0.15) is 0 Å². The van der Waals surface area contributed by atoms with Gasteiger partial charge in [-0.25, -0.2) is 0 Å². The van der Waals surface area contributed by atoms with Crippen LogP contribution in [0.2, 0.25) is 0 Å². The summed E-state index contributed by atoms with van der Waals surface area (Å²) < 4.78 is 0. The van der Waals surface area contributed by atoms with Crippen LogP contribution in [0.3, 0.4) is 0 Å². The first-order valence-corrected chi connectivity index (χ1v) is 9.05. The molecule has 1 aromatic heterocycles. The fourth-order valence-electron chi connectivity index (χ4n) is 3.15. The van der Waals surface area contributed by atoms with Crippen molar-refractivity contribution < 1.29 is 4.79 Å². The standard InChI is InChI=1S/C23H26N2O/c1-16(26)24-22(18-9-7-10-19(14-18)23(2,3)4)15-20-13-12-17-8-5-6-11-21(17)25-20/h5-14,22H,15H2,1-4H3,(H,24,26)/t22-/m1/s1. The minimum atomic E-state index is -0.0940. The lowest BCUT2D eigenvalue weighted by atomic mass is 9.85. The maximum absolute atomic E-state index is 11.8. The van der Waals surface area contributed by atoms with Crippen molar-refractivity contribution in [2.75, 3.05) is 0 Å². The van der Waals surface area contributed by atoms with E-state index < -0.39 is 0 Å². The summed E-state index contributed by atoms with van der Waals surface area (Å²) in [5.41, 5.74) is 4.40. The minimum absolute atomic E-state index is 0.0306. The van der Waals surface area contributed by atoms with Crippen LogP contribution in [0.1, 0.15) is 50.6 Å². The predicted octanol–water partition coefficient (Wildman–Crippen LogP) is 4.95. The highest BCUT2D eigenvalue weighted by Gasteiger charge is 2.19. The molecule has 0 aliphatic carbocycles. The first-order chi connectivity index (χ1) is 12.3. The van der Waals surface area contributed by atoms with Gasteiger partial charge in [0.25, 0.3) is 0 Å². The number of benzene rings is 2. The second-order valence-electron chi connectivity index (χ2n) is 7.83. The molecule has 1 N–H and O–H groups in total. The second-order valence-corrected chi connectivity index (χ2v) is 7.83. The SMILES string of the molecule is CC(=O)N[C@H](Cc1ccc2ccccc2n1)c1cccc(C(C)(C)C)c1. The summed E-state index contributed by atoms with van der Waals surface area (Å²) in [6.07, 6.45) is 0.665. The molecule has 1 atom stereocenters. The number of nitrogens with zero attached hydrogens (tertiary/aromatic N) is 1. The summed E-state index contributed by atoms with van der Waals surface area (Å²) in [5.74, 6) is -0.0306. The highest BCUT2D eigenvalue weighted by atomic mass is 16.1. The molecule has 0 bridgehead atoms. The van der Waals surface area contributed by atoms with Gasteiger partial charge in [0.15, 0.2) is 0 Å². The maximum atomic E-state index is 11.8. The molecular weight excluding hydrogens is 320 g/mol. The van der Waals surface area contributed by atoms with Crippen molar-refractivity contribution in [2.45, 2.75) is 45.6 Å². The van der Waals surface area contributed by atoms with Gasteiger partial charge in [-0.2, -0.15) is 0 Å². The van der Waals surface area contributed by atoms with Crippen LogP contribution in [0.4, 0.5) is 0 Å². The van der Waals surface area contributed by atoms with Crippen LogP contribution in [0.15, 0.2) is 60.7 Å². The van der Waals surface area contributed by atoms with E-state index in [-0.39, 0.29) is 17.4 Å². The Morgan fingerprint density at radius 2 is 1.81 bits per heavy atom. The quantitative estimate of drug-likeness (QED) is 0.726. The molecule has 0 saturated carbocycles. The summed E-state index contributed by atoms with van der Waals surface area (Å²) in [6.45, 7) is 8.16. The van der Waals surface area contributed by atoms with Gasteiger partial charge < -0.3 is 5.32 Å². The number of carbonyl (C=O) groups is 1. The maximum Gasteiger partial charge on any atom is 0.217 e. The molecule has 1 amide bonds. The molecule has 0 aliphatic heterocycles. The molecular formula is C23H26N2O. The first kappa shape index (κ1) is 18.1. The van der Waals surface area contributed by atoms with E-state index in [1.54, 1.807) is 6.92 Å². The lowest BCUT2D eigenvalue weighted by Gasteiger charge is -2.23. The van der Waals surface area contributed by atoms with Crippen molar-refractivity contribution in [1.29, 1.82) is 0 Å². The molecule has 3 rings (SSSR count). The zero-order valence-electron chi connectivity index (χ0n) is 15.9. The number of carbonyl (C=O) groups excluding carboxylic acids is 1. The van der Waals surface area contributed by atoms with Crippen LogP contribution in [-0.2, 0) is 16.6 Å². The van der Waals surface area contributed by atoms with E-state index >= 15 is 0 Å². The van der Waals surface area contributed by atoms with Gasteiger partial charge >= 0.3 is 0 Å². The molecule has 26 heavy (non-hydrogen) atoms. The Hall–Kier alpha value is -2.68. The smallest absolute Gasteiger partial charge is 0.217 e. The van der Waals surface area contributed by atoms with Crippen LogP contribution in [0, 0.1) is 0 Å². The monoisotopic (exact) mass is 346 g/mol. The number of hydrogen-bond donors (Lipinski definition) is 1. The molecule has 3 heteroatoms. The number of aromatic nitrogens is 1. The van der Waals surface area contributed by atoms with E-state index in [0.29, 0.717) is 6.42 Å². The van der Waals surface area contributed by atoms with Crippen molar-refractivity contribution in [3.63, 3.8) is 0 Å². The Kier molecular flexibility index (Phi) is 5.08. The molecule has 134 valence electrons. The Balaban J connectivity index is 1.94. The van der Waals surface area contributed by atoms with Gasteiger partial charge in [-0.1, -0.05) is 69.3 Å². The van der Waals surface area contributed by atoms with Crippen LogP contribution >= 0.6 is 0 Å². The molecule has 0 aliphatic rings. The largest absolute Gasteiger partial charge is 0.349 e. The number of nitrogens with one attached hydrogen (secondary N) is 1. The van der Waals surface area contributed by atoms with Crippen LogP contribution in [0.25, 0.3) is 10.9 Å². The van der Waals surface area contributed by atoms with Crippen LogP contribution < -0.4 is 5.32 Å². The van der Waals surface area contributed by atoms with Gasteiger partial charge in [0.05, 0.1) is 11.6 Å². The molecule has 0 spiro atoms. The van der Waals surface area contributed by atoms with E-state index in [1.807, 2.05) is 24.3 Å². The lowest BCUT2D eigenvalue weighted by Crippen LogP contribution is -2.28. The van der Waals surface area contributed by atoms with Crippen LogP contribution in [0.5, 0.6) is 0 Å². The summed E-state index contributed by atoms with van der Waals surface area (Å²) in [7, 11) is 0. The molecule has 1 heterocycles. The zero-order chi connectivity index (χ0) is 18.7. The predicted molar refractivity (Wildman–Crippen MR) is 107 cm³/mol. The number of rotatable bonds is 4. The Bertz CT molecular complexity index is 925. The summed E-state index contributed by atoms with van der Waals surface area (Å²) >= 11 is 0. The van der Waals surface area contributed by atoms with E-state index in [9.17, 15) is 4.79 Å². The van der Waals surface area contributed by atoms with Crippen molar-refractivity contribution >= 4 is 16.8 Å². The molecule has 3 nitrogen and oxygen atoms in total. The van der Waals surface area contributed by atoms with Gasteiger partial charge in [0.2, 0.25) is 5.91 Å². The van der Waals surface area contributed by atoms with E-state index in [0.717, 1.165) is 22.2 Å². The second kappa shape index (κ2) is 7.28. The van der Waals surface area contributed by atoms with Gasteiger partial charge in [-0.15, -0.1) is 0 Å². The van der Waals surface area contributed by atoms with E-state index in [4.69, 9.17) is 4.98 Å². The van der Waals surface area contributed by atoms with Crippen molar-refractivity contribution in [1.82, 2.24) is 10.3 Å². The molecule has 0 saturated heterocycles. The highest BCUT2D eigenvalue weighted by molar-refractivity contribution is 5.78. The summed E-state index contributed by atoms with van der Waals surface area (Å²) in [5, 5.41) is 4.22. The topological polar surface area (TPSA) is 42.0 Å². The number of hydrogen-bond acceptors (Lipinski definition) is 2. The third-order valence-electron chi connectivity index (χ3n) is 4.60. The number of pyridine rings is 1. The molecule has 0 fully saturated rings. The Morgan fingerprint density at radius 1 is 1.04 bits per heavy atom. The van der Waals surface area contributed by atoms with Gasteiger partial charge in [-0.3, -0.25) is 9.78 Å². The van der Waals surface area contributed by atoms with Crippen molar-refractivity contribution in [3.8, 4) is 0 Å².